The largest absolute Gasteiger partial charge is 0.460 e. The third-order valence-corrected chi connectivity index (χ3v) is 7.40. The Balaban J connectivity index is 3.52. The zero-order valence-electron chi connectivity index (χ0n) is 16.8. The summed E-state index contributed by atoms with van der Waals surface area (Å²) in [6.07, 6.45) is -8.36. The number of alkyl halides is 17. The average Bonchev–Trinajstić information content (AvgIpc) is 2.71. The zero-order chi connectivity index (χ0) is 29.9. The van der Waals surface area contributed by atoms with Gasteiger partial charge in [-0.05, 0) is 12.8 Å². The molecule has 0 amide bonds. The zero-order valence-corrected chi connectivity index (χ0v) is 18.4. The molecule has 220 valence electrons. The van der Waals surface area contributed by atoms with E-state index in [1.807, 2.05) is 0 Å². The van der Waals surface area contributed by atoms with Crippen molar-refractivity contribution in [2.24, 2.45) is 0 Å². The number of carbonyl (C=O) groups excluding carboxylic acids is 1. The smallest absolute Gasteiger partial charge is 0.298 e. The highest BCUT2D eigenvalue weighted by molar-refractivity contribution is 8.05. The Labute approximate surface area is 198 Å². The fourth-order valence-electron chi connectivity index (χ4n) is 2.50. The minimum absolute atomic E-state index is 0.0789. The first-order valence-electron chi connectivity index (χ1n) is 8.82. The van der Waals surface area contributed by atoms with E-state index in [-0.39, 0.29) is 25.7 Å². The lowest BCUT2D eigenvalue weighted by Crippen LogP contribution is -2.75. The van der Waals surface area contributed by atoms with Crippen molar-refractivity contribution < 1.29 is 91.5 Å². The number of Topliss-reactive ketones (excluding diaryl/α,β-unsaturated/α-hetero) is 1. The molecule has 0 aromatic carbocycles. The number of hydrogen-bond acceptors (Lipinski definition) is 5. The van der Waals surface area contributed by atoms with Crippen LogP contribution in [0, 0.1) is 0 Å². The van der Waals surface area contributed by atoms with Gasteiger partial charge in [0.1, 0.15) is 5.78 Å². The summed E-state index contributed by atoms with van der Waals surface area (Å²) >= 11 is -0.886. The maximum absolute atomic E-state index is 13.8. The maximum atomic E-state index is 13.8. The van der Waals surface area contributed by atoms with Gasteiger partial charge in [-0.3, -0.25) is 4.79 Å². The van der Waals surface area contributed by atoms with E-state index < -0.39 is 80.2 Å². The van der Waals surface area contributed by atoms with Gasteiger partial charge in [0.05, 0.1) is 5.25 Å². The van der Waals surface area contributed by atoms with E-state index >= 15 is 0 Å². The molecule has 4 nitrogen and oxygen atoms in total. The Morgan fingerprint density at radius 3 is 1.38 bits per heavy atom. The predicted molar refractivity (Wildman–Crippen MR) is 85.5 cm³/mol. The van der Waals surface area contributed by atoms with E-state index in [1.165, 1.54) is 0 Å². The predicted octanol–water partition coefficient (Wildman–Crippen LogP) is 6.46. The molecule has 0 aromatic rings. The quantitative estimate of drug-likeness (QED) is 0.206. The molecule has 0 aliphatic heterocycles. The van der Waals surface area contributed by atoms with E-state index in [1.54, 1.807) is 0 Å². The van der Waals surface area contributed by atoms with Crippen molar-refractivity contribution >= 4 is 27.9 Å². The fraction of sp³-hybridized carbons (Fsp3) is 0.929. The molecule has 37 heavy (non-hydrogen) atoms. The second kappa shape index (κ2) is 9.44. The van der Waals surface area contributed by atoms with Crippen LogP contribution in [0.5, 0.6) is 0 Å². The van der Waals surface area contributed by atoms with Gasteiger partial charge in [0.15, 0.2) is 0 Å². The standard InChI is InChI=1S/C14H9F17O4S2/c15-7(16,9(19,20)11(23,24)13(27,28)29)8(17,18)10(21,22)12(25,26)14(30,31)37(33,34)35-36-6-4-2-1-3-5(6)32/h6H,1-4H2. The van der Waals surface area contributed by atoms with Gasteiger partial charge < -0.3 is 0 Å². The topological polar surface area (TPSA) is 60.4 Å². The second-order valence-corrected chi connectivity index (χ2v) is 10.0. The van der Waals surface area contributed by atoms with Gasteiger partial charge in [-0.2, -0.15) is 86.7 Å². The molecule has 0 saturated heterocycles. The van der Waals surface area contributed by atoms with Crippen LogP contribution in [0.3, 0.4) is 0 Å². The first-order chi connectivity index (χ1) is 16.0. The normalized spacial score (nSPS) is 20.4. The minimum Gasteiger partial charge on any atom is -0.298 e. The van der Waals surface area contributed by atoms with Crippen LogP contribution in [0.2, 0.25) is 0 Å². The van der Waals surface area contributed by atoms with E-state index in [4.69, 9.17) is 0 Å². The molecule has 1 rings (SSSR count). The molecule has 1 aliphatic rings. The number of rotatable bonds is 10. The molecular formula is C14H9F17O4S2. The molecule has 1 aliphatic carbocycles. The second-order valence-electron chi connectivity index (χ2n) is 7.28. The SMILES string of the molecule is O=C1CCCCC1SOS(=O)(=O)C(F)(F)C(F)(F)C(F)(F)C(F)(F)C(F)(F)C(F)(F)C(F)(F)C(F)(F)F. The lowest BCUT2D eigenvalue weighted by molar-refractivity contribution is -0.458. The van der Waals surface area contributed by atoms with Crippen LogP contribution < -0.4 is 0 Å². The molecule has 0 bridgehead atoms. The minimum atomic E-state index is -8.91. The van der Waals surface area contributed by atoms with Crippen LogP contribution in [-0.2, 0) is 18.5 Å². The lowest BCUT2D eigenvalue weighted by atomic mass is 9.91. The Hall–Kier alpha value is -1.26. The summed E-state index contributed by atoms with van der Waals surface area (Å²) in [7, 11) is -7.66. The molecule has 0 heterocycles. The van der Waals surface area contributed by atoms with Crippen LogP contribution in [0.1, 0.15) is 25.7 Å². The summed E-state index contributed by atoms with van der Waals surface area (Å²) in [6.45, 7) is 0. The monoisotopic (exact) mass is 628 g/mol. The molecule has 1 saturated carbocycles. The summed E-state index contributed by atoms with van der Waals surface area (Å²) in [6, 6.07) is 0. The number of ketones is 1. The summed E-state index contributed by atoms with van der Waals surface area (Å²) in [4.78, 5) is 11.5. The summed E-state index contributed by atoms with van der Waals surface area (Å²) in [5.41, 5.74) is 0. The summed E-state index contributed by atoms with van der Waals surface area (Å²) < 4.78 is 250. The van der Waals surface area contributed by atoms with Crippen molar-refractivity contribution in [2.75, 3.05) is 0 Å². The highest BCUT2D eigenvalue weighted by Crippen LogP contribution is 2.64. The Kier molecular flexibility index (Phi) is 8.61. The highest BCUT2D eigenvalue weighted by atomic mass is 32.3. The van der Waals surface area contributed by atoms with E-state index in [0.29, 0.717) is 0 Å². The van der Waals surface area contributed by atoms with E-state index in [9.17, 15) is 87.8 Å². The molecular weight excluding hydrogens is 619 g/mol. The van der Waals surface area contributed by atoms with Gasteiger partial charge in [0.25, 0.3) is 0 Å². The van der Waals surface area contributed by atoms with Crippen molar-refractivity contribution in [3.8, 4) is 0 Å². The third kappa shape index (κ3) is 4.84. The molecule has 1 unspecified atom stereocenters. The highest BCUT2D eigenvalue weighted by Gasteiger charge is 2.96. The third-order valence-electron chi connectivity index (χ3n) is 4.75. The number of halogens is 17. The van der Waals surface area contributed by atoms with Crippen LogP contribution in [-0.4, -0.2) is 66.4 Å². The van der Waals surface area contributed by atoms with E-state index in [2.05, 4.69) is 3.63 Å². The molecule has 0 aromatic heterocycles. The van der Waals surface area contributed by atoms with Gasteiger partial charge in [-0.1, -0.05) is 6.42 Å². The molecule has 1 fully saturated rings. The Morgan fingerprint density at radius 2 is 1.00 bits per heavy atom. The van der Waals surface area contributed by atoms with Crippen LogP contribution in [0.4, 0.5) is 74.6 Å². The molecule has 23 heteroatoms. The summed E-state index contributed by atoms with van der Waals surface area (Å²) in [5, 5.41) is -9.47. The molecule has 0 radical (unpaired) electrons. The molecule has 0 N–H and O–H groups in total. The number of carbonyl (C=O) groups is 1. The average molecular weight is 628 g/mol. The summed E-state index contributed by atoms with van der Waals surface area (Å²) in [5.74, 6) is -53.0. The maximum Gasteiger partial charge on any atom is 0.460 e. The van der Waals surface area contributed by atoms with Crippen LogP contribution in [0.25, 0.3) is 0 Å². The fourth-order valence-corrected chi connectivity index (χ4v) is 4.57. The lowest BCUT2D eigenvalue weighted by Gasteiger charge is -2.42. The van der Waals surface area contributed by atoms with Gasteiger partial charge in [0.2, 0.25) is 0 Å². The first-order valence-corrected chi connectivity index (χ1v) is 11.0. The molecule has 0 spiro atoms. The first kappa shape index (κ1) is 33.8. The molecule has 1 atom stereocenters. The van der Waals surface area contributed by atoms with Gasteiger partial charge in [0, 0.05) is 18.5 Å². The van der Waals surface area contributed by atoms with Crippen LogP contribution in [0.15, 0.2) is 0 Å². The van der Waals surface area contributed by atoms with E-state index in [0.717, 1.165) is 0 Å². The van der Waals surface area contributed by atoms with Gasteiger partial charge in [-0.15, -0.1) is 0 Å². The van der Waals surface area contributed by atoms with Crippen molar-refractivity contribution in [1.82, 2.24) is 0 Å². The number of hydrogen-bond donors (Lipinski definition) is 0. The van der Waals surface area contributed by atoms with Crippen molar-refractivity contribution in [3.63, 3.8) is 0 Å². The van der Waals surface area contributed by atoms with Crippen molar-refractivity contribution in [2.45, 2.75) is 77.9 Å². The van der Waals surface area contributed by atoms with Gasteiger partial charge in [-0.25, -0.2) is 0 Å². The van der Waals surface area contributed by atoms with Crippen molar-refractivity contribution in [3.05, 3.63) is 0 Å². The Morgan fingerprint density at radius 1 is 0.622 bits per heavy atom. The van der Waals surface area contributed by atoms with Crippen LogP contribution >= 0.6 is 12.0 Å². The van der Waals surface area contributed by atoms with Crippen molar-refractivity contribution in [1.29, 1.82) is 0 Å². The van der Waals surface area contributed by atoms with Gasteiger partial charge >= 0.3 is 57.1 Å². The Bertz CT molecular complexity index is 973.